The van der Waals surface area contributed by atoms with E-state index in [2.05, 4.69) is 36.7 Å². The number of carbonyl (C=O) groups is 1. The number of aromatic nitrogens is 3. The Labute approximate surface area is 159 Å². The molecule has 2 aliphatic rings. The highest BCUT2D eigenvalue weighted by Crippen LogP contribution is 2.18. The number of hydrogen-bond donors (Lipinski definition) is 0. The van der Waals surface area contributed by atoms with Crippen molar-refractivity contribution in [2.24, 2.45) is 0 Å². The van der Waals surface area contributed by atoms with E-state index in [1.165, 1.54) is 0 Å². The molecular weight excluding hydrogens is 342 g/mol. The maximum atomic E-state index is 12.8. The van der Waals surface area contributed by atoms with Crippen LogP contribution in [0.5, 0.6) is 0 Å². The molecule has 0 aromatic carbocycles. The number of pyridine rings is 1. The van der Waals surface area contributed by atoms with Crippen molar-refractivity contribution in [3.63, 3.8) is 0 Å². The van der Waals surface area contributed by atoms with Crippen molar-refractivity contribution in [2.75, 3.05) is 69.2 Å². The largest absolute Gasteiger partial charge is 0.353 e. The van der Waals surface area contributed by atoms with Crippen molar-refractivity contribution in [1.82, 2.24) is 24.8 Å². The van der Waals surface area contributed by atoms with Crippen LogP contribution in [-0.4, -0.2) is 90.1 Å². The van der Waals surface area contributed by atoms with Gasteiger partial charge in [0.1, 0.15) is 5.82 Å². The molecule has 4 heterocycles. The van der Waals surface area contributed by atoms with E-state index in [-0.39, 0.29) is 5.91 Å². The van der Waals surface area contributed by atoms with Crippen LogP contribution in [-0.2, 0) is 0 Å². The van der Waals surface area contributed by atoms with Gasteiger partial charge in [0.2, 0.25) is 5.95 Å². The Morgan fingerprint density at radius 1 is 0.852 bits per heavy atom. The third kappa shape index (κ3) is 4.00. The van der Waals surface area contributed by atoms with Gasteiger partial charge in [0.15, 0.2) is 0 Å². The second-order valence-corrected chi connectivity index (χ2v) is 7.02. The molecule has 2 aromatic heterocycles. The molecule has 0 spiro atoms. The summed E-state index contributed by atoms with van der Waals surface area (Å²) in [5, 5.41) is 0. The molecule has 2 fully saturated rings. The molecule has 0 saturated carbocycles. The average molecular weight is 367 g/mol. The van der Waals surface area contributed by atoms with Crippen molar-refractivity contribution < 1.29 is 4.79 Å². The van der Waals surface area contributed by atoms with Crippen LogP contribution >= 0.6 is 0 Å². The summed E-state index contributed by atoms with van der Waals surface area (Å²) in [5.74, 6) is 1.73. The molecule has 0 unspecified atom stereocenters. The number of rotatable bonds is 3. The second kappa shape index (κ2) is 7.87. The lowest BCUT2D eigenvalue weighted by Crippen LogP contribution is -2.48. The lowest BCUT2D eigenvalue weighted by Gasteiger charge is -2.35. The van der Waals surface area contributed by atoms with E-state index in [1.807, 2.05) is 23.1 Å². The first-order chi connectivity index (χ1) is 13.2. The van der Waals surface area contributed by atoms with Gasteiger partial charge < -0.3 is 19.6 Å². The van der Waals surface area contributed by atoms with Crippen LogP contribution in [0.3, 0.4) is 0 Å². The van der Waals surface area contributed by atoms with Crippen LogP contribution in [0.25, 0.3) is 0 Å². The molecule has 27 heavy (non-hydrogen) atoms. The first-order valence-corrected chi connectivity index (χ1v) is 9.41. The summed E-state index contributed by atoms with van der Waals surface area (Å²) in [6.45, 7) is 6.74. The minimum absolute atomic E-state index is 0.100. The molecule has 2 aliphatic heterocycles. The first kappa shape index (κ1) is 17.7. The van der Waals surface area contributed by atoms with E-state index in [9.17, 15) is 4.79 Å². The zero-order valence-electron chi connectivity index (χ0n) is 15.7. The van der Waals surface area contributed by atoms with Crippen molar-refractivity contribution in [1.29, 1.82) is 0 Å². The van der Waals surface area contributed by atoms with E-state index in [0.717, 1.165) is 69.7 Å². The molecule has 0 bridgehead atoms. The number of nitrogens with zero attached hydrogens (tertiary/aromatic N) is 7. The Kier molecular flexibility index (Phi) is 5.15. The molecule has 0 N–H and O–H groups in total. The lowest BCUT2D eigenvalue weighted by molar-refractivity contribution is 0.0664. The molecule has 0 aliphatic carbocycles. The Bertz CT molecular complexity index is 769. The van der Waals surface area contributed by atoms with Crippen molar-refractivity contribution in [3.05, 3.63) is 42.4 Å². The maximum Gasteiger partial charge on any atom is 0.254 e. The van der Waals surface area contributed by atoms with Crippen molar-refractivity contribution in [3.8, 4) is 0 Å². The first-order valence-electron chi connectivity index (χ1n) is 9.41. The molecule has 2 aromatic rings. The highest BCUT2D eigenvalue weighted by Gasteiger charge is 2.23. The minimum Gasteiger partial charge on any atom is -0.353 e. The minimum atomic E-state index is 0.100. The quantitative estimate of drug-likeness (QED) is 0.786. The Morgan fingerprint density at radius 2 is 1.52 bits per heavy atom. The van der Waals surface area contributed by atoms with E-state index in [1.54, 1.807) is 18.6 Å². The van der Waals surface area contributed by atoms with E-state index >= 15 is 0 Å². The summed E-state index contributed by atoms with van der Waals surface area (Å²) in [6.07, 6.45) is 5.28. The Morgan fingerprint density at radius 3 is 2.22 bits per heavy atom. The topological polar surface area (TPSA) is 68.7 Å². The van der Waals surface area contributed by atoms with Gasteiger partial charge in [0, 0.05) is 76.5 Å². The molecule has 8 nitrogen and oxygen atoms in total. The van der Waals surface area contributed by atoms with Gasteiger partial charge in [-0.2, -0.15) is 0 Å². The van der Waals surface area contributed by atoms with Crippen LogP contribution < -0.4 is 9.80 Å². The predicted molar refractivity (Wildman–Crippen MR) is 104 cm³/mol. The summed E-state index contributed by atoms with van der Waals surface area (Å²) in [6, 6.07) is 5.57. The number of likely N-dealkylation sites (N-methyl/N-ethyl adjacent to an activating group) is 1. The van der Waals surface area contributed by atoms with Gasteiger partial charge in [-0.25, -0.2) is 15.0 Å². The van der Waals surface area contributed by atoms with Gasteiger partial charge in [0.25, 0.3) is 5.91 Å². The number of carbonyl (C=O) groups excluding carboxylic acids is 1. The third-order valence-corrected chi connectivity index (χ3v) is 5.22. The zero-order valence-corrected chi connectivity index (χ0v) is 15.7. The normalized spacial score (nSPS) is 18.6. The van der Waals surface area contributed by atoms with Crippen molar-refractivity contribution >= 4 is 17.7 Å². The summed E-state index contributed by atoms with van der Waals surface area (Å²) in [7, 11) is 2.09. The summed E-state index contributed by atoms with van der Waals surface area (Å²) in [4.78, 5) is 34.5. The lowest BCUT2D eigenvalue weighted by atomic mass is 10.2. The van der Waals surface area contributed by atoms with Gasteiger partial charge >= 0.3 is 0 Å². The van der Waals surface area contributed by atoms with Crippen LogP contribution in [0.1, 0.15) is 10.4 Å². The van der Waals surface area contributed by atoms with Crippen LogP contribution in [0.15, 0.2) is 36.8 Å². The SMILES string of the molecule is CN1CCN(C(=O)c2ccnc(N3CCN(c4ncccn4)CC3)c2)CC1. The van der Waals surface area contributed by atoms with Crippen LogP contribution in [0.4, 0.5) is 11.8 Å². The highest BCUT2D eigenvalue weighted by molar-refractivity contribution is 5.95. The highest BCUT2D eigenvalue weighted by atomic mass is 16.2. The van der Waals surface area contributed by atoms with Gasteiger partial charge in [-0.3, -0.25) is 4.79 Å². The van der Waals surface area contributed by atoms with E-state index in [4.69, 9.17) is 0 Å². The fraction of sp³-hybridized carbons (Fsp3) is 0.474. The number of hydrogen-bond acceptors (Lipinski definition) is 7. The number of piperazine rings is 2. The monoisotopic (exact) mass is 367 g/mol. The van der Waals surface area contributed by atoms with Gasteiger partial charge in [-0.1, -0.05) is 0 Å². The fourth-order valence-electron chi connectivity index (χ4n) is 3.51. The van der Waals surface area contributed by atoms with Gasteiger partial charge in [-0.05, 0) is 25.2 Å². The van der Waals surface area contributed by atoms with E-state index in [0.29, 0.717) is 0 Å². The van der Waals surface area contributed by atoms with Crippen LogP contribution in [0.2, 0.25) is 0 Å². The molecule has 4 rings (SSSR count). The molecule has 142 valence electrons. The summed E-state index contributed by atoms with van der Waals surface area (Å²) < 4.78 is 0. The predicted octanol–water partition coefficient (Wildman–Crippen LogP) is 0.586. The standard InChI is InChI=1S/C19H25N7O/c1-23-7-9-25(10-8-23)18(27)16-3-6-20-17(15-16)24-11-13-26(14-12-24)19-21-4-2-5-22-19/h2-6,15H,7-14H2,1H3. The van der Waals surface area contributed by atoms with Crippen molar-refractivity contribution in [2.45, 2.75) is 0 Å². The Balaban J connectivity index is 1.40. The van der Waals surface area contributed by atoms with Crippen LogP contribution in [0, 0.1) is 0 Å². The average Bonchev–Trinajstić information content (AvgIpc) is 2.75. The van der Waals surface area contributed by atoms with E-state index < -0.39 is 0 Å². The van der Waals surface area contributed by atoms with Gasteiger partial charge in [-0.15, -0.1) is 0 Å². The summed E-state index contributed by atoms with van der Waals surface area (Å²) in [5.41, 5.74) is 0.721. The maximum absolute atomic E-state index is 12.8. The molecule has 1 amide bonds. The molecule has 8 heteroatoms. The number of anilines is 2. The second-order valence-electron chi connectivity index (χ2n) is 7.02. The zero-order chi connectivity index (χ0) is 18.6. The fourth-order valence-corrected chi connectivity index (χ4v) is 3.51. The molecule has 2 saturated heterocycles. The Hall–Kier alpha value is -2.74. The summed E-state index contributed by atoms with van der Waals surface area (Å²) >= 11 is 0. The third-order valence-electron chi connectivity index (χ3n) is 5.22. The number of amides is 1. The smallest absolute Gasteiger partial charge is 0.254 e. The molecular formula is C19H25N7O. The molecule has 0 radical (unpaired) electrons. The molecule has 0 atom stereocenters. The van der Waals surface area contributed by atoms with Gasteiger partial charge in [0.05, 0.1) is 0 Å².